The molecule has 0 aliphatic heterocycles. The summed E-state index contributed by atoms with van der Waals surface area (Å²) in [5.41, 5.74) is 0.892. The highest BCUT2D eigenvalue weighted by atomic mass is 16.5. The average Bonchev–Trinajstić information content (AvgIpc) is 3.32. The van der Waals surface area contributed by atoms with Gasteiger partial charge in [0.05, 0.1) is 26.0 Å². The Morgan fingerprint density at radius 2 is 2.16 bits per heavy atom. The molecule has 1 atom stereocenters. The predicted molar refractivity (Wildman–Crippen MR) is 93.9 cm³/mol. The minimum atomic E-state index is -0.572. The first-order valence-electron chi connectivity index (χ1n) is 8.51. The van der Waals surface area contributed by atoms with E-state index in [1.54, 1.807) is 17.0 Å². The van der Waals surface area contributed by atoms with Crippen LogP contribution < -0.4 is 4.74 Å². The number of ether oxygens (including phenoxy) is 1. The van der Waals surface area contributed by atoms with Crippen LogP contribution in [0.4, 0.5) is 0 Å². The zero-order valence-electron chi connectivity index (χ0n) is 14.1. The second-order valence-electron chi connectivity index (χ2n) is 6.25. The van der Waals surface area contributed by atoms with E-state index in [1.165, 1.54) is 25.2 Å². The van der Waals surface area contributed by atoms with Gasteiger partial charge in [-0.15, -0.1) is 0 Å². The maximum absolute atomic E-state index is 12.4. The van der Waals surface area contributed by atoms with Gasteiger partial charge in [0.15, 0.2) is 0 Å². The second-order valence-corrected chi connectivity index (χ2v) is 6.25. The molecule has 1 aliphatic rings. The third kappa shape index (κ3) is 4.31. The molecule has 3 rings (SSSR count). The molecule has 25 heavy (non-hydrogen) atoms. The number of nitrogens with zero attached hydrogens (tertiary/aromatic N) is 1. The molecule has 1 aliphatic carbocycles. The van der Waals surface area contributed by atoms with Crippen LogP contribution in [0.15, 0.2) is 59.7 Å². The summed E-state index contributed by atoms with van der Waals surface area (Å²) in [4.78, 5) is 14.0. The Kier molecular flexibility index (Phi) is 5.56. The molecule has 0 saturated heterocycles. The van der Waals surface area contributed by atoms with E-state index in [0.717, 1.165) is 11.3 Å². The third-order valence-corrected chi connectivity index (χ3v) is 4.36. The van der Waals surface area contributed by atoms with E-state index in [2.05, 4.69) is 6.58 Å². The van der Waals surface area contributed by atoms with Gasteiger partial charge in [-0.25, -0.2) is 0 Å². The van der Waals surface area contributed by atoms with E-state index in [4.69, 9.17) is 9.15 Å². The number of hydrogen-bond acceptors (Lipinski definition) is 4. The van der Waals surface area contributed by atoms with Gasteiger partial charge < -0.3 is 19.2 Å². The summed E-state index contributed by atoms with van der Waals surface area (Å²) in [5, 5.41) is 9.82. The van der Waals surface area contributed by atoms with Crippen molar-refractivity contribution in [3.05, 3.63) is 66.6 Å². The standard InChI is InChI=1S/C20H23NO4/c1-2-20(23)21(17(13-22)19-8-5-11-24-19)12-16-6-3-4-7-18(16)25-14-15-9-10-15/h2-8,11,15,17,22H,1,9-10,12-14H2. The Morgan fingerprint density at radius 3 is 2.80 bits per heavy atom. The highest BCUT2D eigenvalue weighted by Gasteiger charge is 2.27. The molecule has 1 heterocycles. The van der Waals surface area contributed by atoms with Gasteiger partial charge in [0.25, 0.3) is 0 Å². The van der Waals surface area contributed by atoms with Gasteiger partial charge in [0, 0.05) is 5.56 Å². The fourth-order valence-electron chi connectivity index (χ4n) is 2.73. The summed E-state index contributed by atoms with van der Waals surface area (Å²) in [6.07, 6.45) is 5.21. The number of furan rings is 1. The third-order valence-electron chi connectivity index (χ3n) is 4.36. The van der Waals surface area contributed by atoms with E-state index < -0.39 is 6.04 Å². The topological polar surface area (TPSA) is 62.9 Å². The molecule has 0 radical (unpaired) electrons. The molecular weight excluding hydrogens is 318 g/mol. The molecule has 1 N–H and O–H groups in total. The molecule has 5 heteroatoms. The molecule has 0 spiro atoms. The zero-order chi connectivity index (χ0) is 17.6. The van der Waals surface area contributed by atoms with Gasteiger partial charge >= 0.3 is 0 Å². The summed E-state index contributed by atoms with van der Waals surface area (Å²) in [6.45, 7) is 4.34. The van der Waals surface area contributed by atoms with Crippen molar-refractivity contribution in [2.24, 2.45) is 5.92 Å². The second kappa shape index (κ2) is 8.03. The van der Waals surface area contributed by atoms with Crippen molar-refractivity contribution < 1.29 is 19.1 Å². The van der Waals surface area contributed by atoms with Crippen LogP contribution in [-0.2, 0) is 11.3 Å². The van der Waals surface area contributed by atoms with E-state index in [-0.39, 0.29) is 12.5 Å². The first-order chi connectivity index (χ1) is 12.2. The van der Waals surface area contributed by atoms with E-state index >= 15 is 0 Å². The van der Waals surface area contributed by atoms with Gasteiger partial charge in [-0.1, -0.05) is 24.8 Å². The minimum Gasteiger partial charge on any atom is -0.493 e. The SMILES string of the molecule is C=CC(=O)N(Cc1ccccc1OCC1CC1)C(CO)c1ccco1. The first kappa shape index (κ1) is 17.3. The van der Waals surface area contributed by atoms with Gasteiger partial charge in [-0.2, -0.15) is 0 Å². The number of hydrogen-bond donors (Lipinski definition) is 1. The van der Waals surface area contributed by atoms with Crippen molar-refractivity contribution in [2.45, 2.75) is 25.4 Å². The van der Waals surface area contributed by atoms with Crippen molar-refractivity contribution >= 4 is 5.91 Å². The highest BCUT2D eigenvalue weighted by Crippen LogP contribution is 2.31. The molecule has 1 aromatic carbocycles. The first-order valence-corrected chi connectivity index (χ1v) is 8.51. The highest BCUT2D eigenvalue weighted by molar-refractivity contribution is 5.87. The predicted octanol–water partition coefficient (Wildman–Crippen LogP) is 3.32. The van der Waals surface area contributed by atoms with Crippen molar-refractivity contribution in [3.8, 4) is 5.75 Å². The Hall–Kier alpha value is -2.53. The van der Waals surface area contributed by atoms with E-state index in [9.17, 15) is 9.90 Å². The number of carbonyl (C=O) groups excluding carboxylic acids is 1. The number of rotatable bonds is 9. The van der Waals surface area contributed by atoms with Crippen molar-refractivity contribution in [2.75, 3.05) is 13.2 Å². The lowest BCUT2D eigenvalue weighted by atomic mass is 10.1. The molecule has 1 unspecified atom stereocenters. The van der Waals surface area contributed by atoms with E-state index in [1.807, 2.05) is 24.3 Å². The zero-order valence-corrected chi connectivity index (χ0v) is 14.1. The van der Waals surface area contributed by atoms with Crippen LogP contribution in [0.25, 0.3) is 0 Å². The lowest BCUT2D eigenvalue weighted by Crippen LogP contribution is -2.35. The summed E-state index contributed by atoms with van der Waals surface area (Å²) < 4.78 is 11.3. The fourth-order valence-corrected chi connectivity index (χ4v) is 2.73. The quantitative estimate of drug-likeness (QED) is 0.711. The van der Waals surface area contributed by atoms with Gasteiger partial charge in [-0.3, -0.25) is 4.79 Å². The number of carbonyl (C=O) groups is 1. The summed E-state index contributed by atoms with van der Waals surface area (Å²) in [6, 6.07) is 10.6. The van der Waals surface area contributed by atoms with Crippen LogP contribution in [0.5, 0.6) is 5.75 Å². The maximum Gasteiger partial charge on any atom is 0.246 e. The molecule has 1 amide bonds. The number of amides is 1. The molecule has 1 fully saturated rings. The van der Waals surface area contributed by atoms with Crippen LogP contribution in [0.3, 0.4) is 0 Å². The van der Waals surface area contributed by atoms with Gasteiger partial charge in [0.2, 0.25) is 5.91 Å². The minimum absolute atomic E-state index is 0.238. The van der Waals surface area contributed by atoms with Crippen molar-refractivity contribution in [3.63, 3.8) is 0 Å². The normalized spacial score (nSPS) is 14.8. The number of aliphatic hydroxyl groups excluding tert-OH is 1. The van der Waals surface area contributed by atoms with Crippen molar-refractivity contribution in [1.29, 1.82) is 0 Å². The van der Waals surface area contributed by atoms with Crippen LogP contribution in [0, 0.1) is 5.92 Å². The largest absolute Gasteiger partial charge is 0.493 e. The van der Waals surface area contributed by atoms with Gasteiger partial charge in [0.1, 0.15) is 17.6 Å². The number of benzene rings is 1. The smallest absolute Gasteiger partial charge is 0.246 e. The molecule has 0 bridgehead atoms. The Bertz CT molecular complexity index is 706. The number of para-hydroxylation sites is 1. The average molecular weight is 341 g/mol. The van der Waals surface area contributed by atoms with Crippen LogP contribution in [0.1, 0.15) is 30.2 Å². The molecular formula is C20H23NO4. The molecule has 132 valence electrons. The Labute approximate surface area is 147 Å². The number of aliphatic hydroxyl groups is 1. The molecule has 1 aromatic heterocycles. The molecule has 5 nitrogen and oxygen atoms in total. The van der Waals surface area contributed by atoms with Gasteiger partial charge in [-0.05, 0) is 43.0 Å². The Balaban J connectivity index is 1.82. The maximum atomic E-state index is 12.4. The summed E-state index contributed by atoms with van der Waals surface area (Å²) >= 11 is 0. The summed E-state index contributed by atoms with van der Waals surface area (Å²) in [5.74, 6) is 1.68. The Morgan fingerprint density at radius 1 is 1.36 bits per heavy atom. The monoisotopic (exact) mass is 341 g/mol. The lowest BCUT2D eigenvalue weighted by molar-refractivity contribution is -0.130. The van der Waals surface area contributed by atoms with E-state index in [0.29, 0.717) is 24.8 Å². The lowest BCUT2D eigenvalue weighted by Gasteiger charge is -2.29. The van der Waals surface area contributed by atoms with Crippen LogP contribution in [0.2, 0.25) is 0 Å². The summed E-state index contributed by atoms with van der Waals surface area (Å²) in [7, 11) is 0. The molecule has 1 saturated carbocycles. The molecule has 2 aromatic rings. The van der Waals surface area contributed by atoms with Crippen LogP contribution >= 0.6 is 0 Å². The van der Waals surface area contributed by atoms with Crippen molar-refractivity contribution in [1.82, 2.24) is 4.90 Å². The fraction of sp³-hybridized carbons (Fsp3) is 0.350. The van der Waals surface area contributed by atoms with Crippen LogP contribution in [-0.4, -0.2) is 29.1 Å².